The molecule has 148 valence electrons. The van der Waals surface area contributed by atoms with Gasteiger partial charge in [0.2, 0.25) is 10.0 Å². The molecule has 1 aliphatic rings. The van der Waals surface area contributed by atoms with Gasteiger partial charge in [0.15, 0.2) is 0 Å². The van der Waals surface area contributed by atoms with Crippen molar-refractivity contribution in [3.05, 3.63) is 24.3 Å². The minimum absolute atomic E-state index is 0.0654. The van der Waals surface area contributed by atoms with Gasteiger partial charge in [-0.3, -0.25) is 4.79 Å². The lowest BCUT2D eigenvalue weighted by Gasteiger charge is -2.45. The zero-order valence-electron chi connectivity index (χ0n) is 15.8. The average Bonchev–Trinajstić information content (AvgIpc) is 2.67. The highest BCUT2D eigenvalue weighted by atomic mass is 32.2. The lowest BCUT2D eigenvalue weighted by atomic mass is 9.92. The van der Waals surface area contributed by atoms with E-state index in [1.807, 2.05) is 13.8 Å². The van der Waals surface area contributed by atoms with Crippen molar-refractivity contribution in [1.82, 2.24) is 4.31 Å². The summed E-state index contributed by atoms with van der Waals surface area (Å²) in [6, 6.07) is 4.93. The van der Waals surface area contributed by atoms with Crippen LogP contribution in [0.15, 0.2) is 29.2 Å². The fourth-order valence-corrected chi connectivity index (χ4v) is 6.62. The first-order chi connectivity index (χ1) is 12.8. The van der Waals surface area contributed by atoms with Crippen molar-refractivity contribution < 1.29 is 23.1 Å². The van der Waals surface area contributed by atoms with Crippen LogP contribution in [0.3, 0.4) is 0 Å². The van der Waals surface area contributed by atoms with Crippen LogP contribution in [0.4, 0.5) is 0 Å². The number of hydrogen-bond acceptors (Lipinski definition) is 5. The first-order valence-electron chi connectivity index (χ1n) is 8.83. The van der Waals surface area contributed by atoms with Crippen molar-refractivity contribution in [2.75, 3.05) is 18.9 Å². The Bertz CT molecular complexity index is 820. The smallest absolute Gasteiger partial charge is 0.323 e. The zero-order valence-corrected chi connectivity index (χ0v) is 17.4. The van der Waals surface area contributed by atoms with Gasteiger partial charge in [-0.2, -0.15) is 16.1 Å². The number of thioether (sulfide) groups is 1. The number of aliphatic carboxylic acids is 1. The van der Waals surface area contributed by atoms with E-state index in [-0.39, 0.29) is 18.0 Å². The van der Waals surface area contributed by atoms with Crippen LogP contribution in [-0.4, -0.2) is 53.5 Å². The quantitative estimate of drug-likeness (QED) is 0.695. The third-order valence-corrected chi connectivity index (χ3v) is 8.48. The summed E-state index contributed by atoms with van der Waals surface area (Å²) in [5, 5.41) is 9.83. The molecule has 0 bridgehead atoms. The van der Waals surface area contributed by atoms with Crippen molar-refractivity contribution in [3.8, 4) is 17.6 Å². The Kier molecular flexibility index (Phi) is 7.20. The molecule has 6 nitrogen and oxygen atoms in total. The van der Waals surface area contributed by atoms with Crippen LogP contribution < -0.4 is 4.74 Å². The molecule has 8 heteroatoms. The zero-order chi connectivity index (χ0) is 20.1. The SMILES string of the molecule is CC#CCOc1ccc(S(=O)(=O)N2CCSC(CC)(CC)C2C(=O)O)cc1. The van der Waals surface area contributed by atoms with E-state index in [1.165, 1.54) is 12.1 Å². The maximum absolute atomic E-state index is 13.2. The second-order valence-corrected chi connectivity index (χ2v) is 9.56. The van der Waals surface area contributed by atoms with Crippen LogP contribution in [0.1, 0.15) is 33.6 Å². The molecule has 1 N–H and O–H groups in total. The van der Waals surface area contributed by atoms with Crippen LogP contribution >= 0.6 is 11.8 Å². The molecule has 0 aromatic heterocycles. The summed E-state index contributed by atoms with van der Waals surface area (Å²) in [5.41, 5.74) is 0. The fourth-order valence-electron chi connectivity index (χ4n) is 3.29. The predicted octanol–water partition coefficient (Wildman–Crippen LogP) is 2.84. The molecule has 1 aromatic carbocycles. The van der Waals surface area contributed by atoms with Crippen LogP contribution in [0.5, 0.6) is 5.75 Å². The van der Waals surface area contributed by atoms with Gasteiger partial charge in [0.05, 0.1) is 4.90 Å². The third kappa shape index (κ3) is 4.42. The van der Waals surface area contributed by atoms with Crippen LogP contribution in [0, 0.1) is 11.8 Å². The van der Waals surface area contributed by atoms with Gasteiger partial charge >= 0.3 is 5.97 Å². The summed E-state index contributed by atoms with van der Waals surface area (Å²) in [7, 11) is -3.93. The maximum Gasteiger partial charge on any atom is 0.323 e. The number of carbonyl (C=O) groups is 1. The molecule has 1 unspecified atom stereocenters. The second-order valence-electron chi connectivity index (χ2n) is 6.16. The molecule has 1 aromatic rings. The molecule has 1 saturated heterocycles. The largest absolute Gasteiger partial charge is 0.481 e. The number of carboxylic acids is 1. The maximum atomic E-state index is 13.2. The molecule has 0 aliphatic carbocycles. The number of nitrogens with zero attached hydrogens (tertiary/aromatic N) is 1. The lowest BCUT2D eigenvalue weighted by molar-refractivity contribution is -0.142. The molecule has 2 rings (SSSR count). The van der Waals surface area contributed by atoms with E-state index in [1.54, 1.807) is 30.8 Å². The summed E-state index contributed by atoms with van der Waals surface area (Å²) in [4.78, 5) is 12.1. The average molecular weight is 412 g/mol. The van der Waals surface area contributed by atoms with Crippen molar-refractivity contribution in [2.24, 2.45) is 0 Å². The van der Waals surface area contributed by atoms with E-state index in [0.717, 1.165) is 4.31 Å². The van der Waals surface area contributed by atoms with Gasteiger partial charge in [0.1, 0.15) is 18.4 Å². The van der Waals surface area contributed by atoms with E-state index < -0.39 is 26.8 Å². The van der Waals surface area contributed by atoms with E-state index in [2.05, 4.69) is 11.8 Å². The Hall–Kier alpha value is -1.69. The number of carboxylic acid groups (broad SMARTS) is 1. The van der Waals surface area contributed by atoms with Gasteiger partial charge in [-0.1, -0.05) is 19.8 Å². The molecule has 1 atom stereocenters. The molecule has 1 fully saturated rings. The first kappa shape index (κ1) is 21.6. The van der Waals surface area contributed by atoms with E-state index in [0.29, 0.717) is 24.3 Å². The number of sulfonamides is 1. The Morgan fingerprint density at radius 3 is 2.48 bits per heavy atom. The van der Waals surface area contributed by atoms with Gasteiger partial charge in [0.25, 0.3) is 0 Å². The number of benzene rings is 1. The Balaban J connectivity index is 2.35. The van der Waals surface area contributed by atoms with E-state index in [9.17, 15) is 18.3 Å². The standard InChI is InChI=1S/C19H25NO5S2/c1-4-7-13-25-15-8-10-16(11-9-15)27(23,24)20-12-14-26-19(5-2,6-3)17(20)18(21)22/h8-11,17H,5-6,12-14H2,1-3H3,(H,21,22). The molecule has 27 heavy (non-hydrogen) atoms. The summed E-state index contributed by atoms with van der Waals surface area (Å²) in [6.45, 7) is 5.93. The molecule has 1 aliphatic heterocycles. The van der Waals surface area contributed by atoms with Gasteiger partial charge < -0.3 is 9.84 Å². The Morgan fingerprint density at radius 2 is 1.96 bits per heavy atom. The number of ether oxygens (including phenoxy) is 1. The highest BCUT2D eigenvalue weighted by Crippen LogP contribution is 2.43. The normalized spacial score (nSPS) is 19.7. The minimum atomic E-state index is -3.93. The number of rotatable bonds is 7. The van der Waals surface area contributed by atoms with Gasteiger partial charge in [0, 0.05) is 17.0 Å². The topological polar surface area (TPSA) is 83.9 Å². The second kappa shape index (κ2) is 9.00. The van der Waals surface area contributed by atoms with Crippen LogP contribution in [-0.2, 0) is 14.8 Å². The molecular weight excluding hydrogens is 386 g/mol. The third-order valence-electron chi connectivity index (χ3n) is 4.84. The molecule has 0 spiro atoms. The van der Waals surface area contributed by atoms with Crippen molar-refractivity contribution in [1.29, 1.82) is 0 Å². The van der Waals surface area contributed by atoms with Crippen LogP contribution in [0.25, 0.3) is 0 Å². The van der Waals surface area contributed by atoms with Crippen molar-refractivity contribution in [3.63, 3.8) is 0 Å². The van der Waals surface area contributed by atoms with Crippen LogP contribution in [0.2, 0.25) is 0 Å². The first-order valence-corrected chi connectivity index (χ1v) is 11.3. The Morgan fingerprint density at radius 1 is 1.33 bits per heavy atom. The predicted molar refractivity (Wildman–Crippen MR) is 106 cm³/mol. The Labute approximate surface area is 165 Å². The summed E-state index contributed by atoms with van der Waals surface area (Å²) in [5.74, 6) is 5.46. The monoisotopic (exact) mass is 411 g/mol. The molecular formula is C19H25NO5S2. The van der Waals surface area contributed by atoms with Gasteiger partial charge in [-0.15, -0.1) is 5.92 Å². The van der Waals surface area contributed by atoms with Crippen molar-refractivity contribution >= 4 is 27.8 Å². The molecule has 0 saturated carbocycles. The fraction of sp³-hybridized carbons (Fsp3) is 0.526. The lowest BCUT2D eigenvalue weighted by Crippen LogP contribution is -2.60. The molecule has 1 heterocycles. The highest BCUT2D eigenvalue weighted by Gasteiger charge is 2.51. The highest BCUT2D eigenvalue weighted by molar-refractivity contribution is 8.01. The van der Waals surface area contributed by atoms with Crippen molar-refractivity contribution in [2.45, 2.75) is 49.3 Å². The molecule has 0 amide bonds. The number of hydrogen-bond donors (Lipinski definition) is 1. The van der Waals surface area contributed by atoms with Gasteiger partial charge in [-0.25, -0.2) is 8.42 Å². The summed E-state index contributed by atoms with van der Waals surface area (Å²) in [6.07, 6.45) is 1.17. The minimum Gasteiger partial charge on any atom is -0.481 e. The molecule has 0 radical (unpaired) electrons. The van der Waals surface area contributed by atoms with E-state index >= 15 is 0 Å². The summed E-state index contributed by atoms with van der Waals surface area (Å²) >= 11 is 1.56. The van der Waals surface area contributed by atoms with E-state index in [4.69, 9.17) is 4.74 Å². The van der Waals surface area contributed by atoms with Gasteiger partial charge in [-0.05, 0) is 44.0 Å². The summed E-state index contributed by atoms with van der Waals surface area (Å²) < 4.78 is 32.3.